The van der Waals surface area contributed by atoms with Gasteiger partial charge in [-0.1, -0.05) is 31.9 Å². The Morgan fingerprint density at radius 2 is 2.00 bits per heavy atom. The summed E-state index contributed by atoms with van der Waals surface area (Å²) in [4.78, 5) is 35.6. The molecule has 0 bridgehead atoms. The number of nitrogens with zero attached hydrogens (tertiary/aromatic N) is 1. The first-order chi connectivity index (χ1) is 10.6. The van der Waals surface area contributed by atoms with E-state index in [1.807, 2.05) is 6.92 Å². The lowest BCUT2D eigenvalue weighted by Gasteiger charge is -2.28. The van der Waals surface area contributed by atoms with Gasteiger partial charge in [0, 0.05) is 18.8 Å². The van der Waals surface area contributed by atoms with Crippen molar-refractivity contribution in [3.63, 3.8) is 0 Å². The van der Waals surface area contributed by atoms with E-state index in [4.69, 9.17) is 11.6 Å². The first-order valence-corrected chi connectivity index (χ1v) is 7.86. The maximum Gasteiger partial charge on any atom is 0.326 e. The van der Waals surface area contributed by atoms with Crippen LogP contribution >= 0.6 is 11.6 Å². The van der Waals surface area contributed by atoms with Gasteiger partial charge >= 0.3 is 5.97 Å². The van der Waals surface area contributed by atoms with Crippen LogP contribution in [0.3, 0.4) is 0 Å². The highest BCUT2D eigenvalue weighted by Crippen LogP contribution is 2.20. The summed E-state index contributed by atoms with van der Waals surface area (Å²) in [6.45, 7) is 7.05. The second kappa shape index (κ2) is 7.64. The third-order valence-electron chi connectivity index (χ3n) is 3.89. The minimum atomic E-state index is -1.07. The monoisotopic (exact) mass is 342 g/mol. The molecule has 2 N–H and O–H groups in total. The minimum absolute atomic E-state index is 0.102. The van der Waals surface area contributed by atoms with E-state index < -0.39 is 23.3 Å². The van der Waals surface area contributed by atoms with Gasteiger partial charge in [-0.25, -0.2) is 4.79 Å². The Bertz CT molecular complexity index is 639. The molecule has 0 spiro atoms. The molecule has 128 valence electrons. The molecule has 23 heavy (non-hydrogen) atoms. The summed E-state index contributed by atoms with van der Waals surface area (Å²) in [5.41, 5.74) is -1.23. The van der Waals surface area contributed by atoms with E-state index in [2.05, 4.69) is 5.32 Å². The lowest BCUT2D eigenvalue weighted by molar-refractivity contribution is -0.145. The fourth-order valence-electron chi connectivity index (χ4n) is 2.14. The van der Waals surface area contributed by atoms with Gasteiger partial charge in [-0.3, -0.25) is 9.59 Å². The van der Waals surface area contributed by atoms with Crippen molar-refractivity contribution in [2.45, 2.75) is 46.7 Å². The van der Waals surface area contributed by atoms with Gasteiger partial charge in [0.1, 0.15) is 6.04 Å². The summed E-state index contributed by atoms with van der Waals surface area (Å²) < 4.78 is 1.35. The van der Waals surface area contributed by atoms with Crippen LogP contribution in [0.25, 0.3) is 0 Å². The Morgan fingerprint density at radius 3 is 2.52 bits per heavy atom. The van der Waals surface area contributed by atoms with Gasteiger partial charge in [0.15, 0.2) is 0 Å². The van der Waals surface area contributed by atoms with Crippen LogP contribution in [0, 0.1) is 11.3 Å². The number of halogens is 1. The van der Waals surface area contributed by atoms with E-state index >= 15 is 0 Å². The van der Waals surface area contributed by atoms with Gasteiger partial charge < -0.3 is 15.0 Å². The average molecular weight is 343 g/mol. The molecule has 1 aromatic heterocycles. The fourth-order valence-corrected chi connectivity index (χ4v) is 2.32. The smallest absolute Gasteiger partial charge is 0.326 e. The van der Waals surface area contributed by atoms with Gasteiger partial charge in [0.2, 0.25) is 5.91 Å². The number of carboxylic acid groups (broad SMARTS) is 1. The largest absolute Gasteiger partial charge is 0.480 e. The van der Waals surface area contributed by atoms with Crippen molar-refractivity contribution in [2.24, 2.45) is 11.3 Å². The van der Waals surface area contributed by atoms with E-state index in [1.165, 1.54) is 22.9 Å². The Balaban J connectivity index is 2.94. The molecular weight excluding hydrogens is 320 g/mol. The van der Waals surface area contributed by atoms with Crippen molar-refractivity contribution in [1.29, 1.82) is 0 Å². The van der Waals surface area contributed by atoms with Gasteiger partial charge in [0.25, 0.3) is 5.56 Å². The number of carbonyl (C=O) groups excluding carboxylic acids is 1. The molecule has 1 aromatic rings. The summed E-state index contributed by atoms with van der Waals surface area (Å²) in [7, 11) is 0. The molecule has 0 radical (unpaired) electrons. The lowest BCUT2D eigenvalue weighted by atomic mass is 9.90. The number of hydrogen-bond acceptors (Lipinski definition) is 3. The zero-order valence-corrected chi connectivity index (χ0v) is 14.6. The van der Waals surface area contributed by atoms with Gasteiger partial charge in [-0.15, -0.1) is 0 Å². The number of amides is 1. The third kappa shape index (κ3) is 5.10. The molecule has 0 saturated heterocycles. The second-order valence-corrected chi connectivity index (χ2v) is 6.81. The Kier molecular flexibility index (Phi) is 6.38. The number of hydrogen-bond donors (Lipinski definition) is 2. The average Bonchev–Trinajstić information content (AvgIpc) is 2.46. The molecule has 2 unspecified atom stereocenters. The quantitative estimate of drug-likeness (QED) is 0.794. The van der Waals surface area contributed by atoms with Gasteiger partial charge in [-0.2, -0.15) is 0 Å². The third-order valence-corrected chi connectivity index (χ3v) is 4.12. The summed E-state index contributed by atoms with van der Waals surface area (Å²) >= 11 is 5.87. The van der Waals surface area contributed by atoms with Crippen LogP contribution in [0.1, 0.15) is 34.1 Å². The molecule has 2 atom stereocenters. The van der Waals surface area contributed by atoms with Crippen molar-refractivity contribution in [3.05, 3.63) is 33.7 Å². The molecule has 7 heteroatoms. The van der Waals surface area contributed by atoms with Gasteiger partial charge in [-0.05, 0) is 25.8 Å². The van der Waals surface area contributed by atoms with E-state index in [1.54, 1.807) is 20.8 Å². The molecule has 0 fully saturated rings. The van der Waals surface area contributed by atoms with Crippen LogP contribution in [-0.2, 0) is 16.1 Å². The van der Waals surface area contributed by atoms with Crippen LogP contribution < -0.4 is 10.9 Å². The molecule has 0 saturated carbocycles. The molecule has 0 aliphatic rings. The molecule has 1 rings (SSSR count). The van der Waals surface area contributed by atoms with Crippen LogP contribution in [-0.4, -0.2) is 27.6 Å². The predicted molar refractivity (Wildman–Crippen MR) is 88.5 cm³/mol. The normalized spacial score (nSPS) is 14.1. The summed E-state index contributed by atoms with van der Waals surface area (Å²) in [6.07, 6.45) is 2.09. The number of carbonyl (C=O) groups is 2. The number of aromatic nitrogens is 1. The molecule has 0 aliphatic carbocycles. The van der Waals surface area contributed by atoms with Crippen molar-refractivity contribution >= 4 is 23.5 Å². The van der Waals surface area contributed by atoms with Crippen molar-refractivity contribution in [3.8, 4) is 0 Å². The molecule has 0 aliphatic heterocycles. The maximum absolute atomic E-state index is 12.5. The number of rotatable bonds is 7. The molecule has 6 nitrogen and oxygen atoms in total. The molecule has 0 aromatic carbocycles. The predicted octanol–water partition coefficient (Wildman–Crippen LogP) is 2.14. The van der Waals surface area contributed by atoms with E-state index in [0.29, 0.717) is 11.4 Å². The lowest BCUT2D eigenvalue weighted by Crippen LogP contribution is -2.51. The SMILES string of the molecule is CCC(C)C(NC(=O)C(C)(C)Cn1cc(Cl)ccc1=O)C(=O)O. The maximum atomic E-state index is 12.5. The summed E-state index contributed by atoms with van der Waals surface area (Å²) in [6, 6.07) is 1.86. The summed E-state index contributed by atoms with van der Waals surface area (Å²) in [5.74, 6) is -1.68. The second-order valence-electron chi connectivity index (χ2n) is 6.37. The Hall–Kier alpha value is -1.82. The molecule has 1 amide bonds. The van der Waals surface area contributed by atoms with Crippen LogP contribution in [0.15, 0.2) is 23.1 Å². The fraction of sp³-hybridized carbons (Fsp3) is 0.562. The molecular formula is C16H23ClN2O4. The highest BCUT2D eigenvalue weighted by Gasteiger charge is 2.33. The topological polar surface area (TPSA) is 88.4 Å². The first-order valence-electron chi connectivity index (χ1n) is 7.48. The van der Waals surface area contributed by atoms with Crippen LogP contribution in [0.5, 0.6) is 0 Å². The molecule has 1 heterocycles. The summed E-state index contributed by atoms with van der Waals surface area (Å²) in [5, 5.41) is 12.2. The standard InChI is InChI=1S/C16H23ClN2O4/c1-5-10(2)13(14(21)22)18-15(23)16(3,4)9-19-8-11(17)6-7-12(19)20/h6-8,10,13H,5,9H2,1-4H3,(H,18,23)(H,21,22). The van der Waals surface area contributed by atoms with E-state index in [0.717, 1.165) is 0 Å². The number of aliphatic carboxylic acids is 1. The number of pyridine rings is 1. The van der Waals surface area contributed by atoms with Crippen molar-refractivity contribution in [1.82, 2.24) is 9.88 Å². The van der Waals surface area contributed by atoms with Crippen molar-refractivity contribution in [2.75, 3.05) is 0 Å². The number of carboxylic acids is 1. The Labute approximate surface area is 140 Å². The first kappa shape index (κ1) is 19.2. The van der Waals surface area contributed by atoms with Crippen LogP contribution in [0.4, 0.5) is 0 Å². The van der Waals surface area contributed by atoms with Gasteiger partial charge in [0.05, 0.1) is 10.4 Å². The number of nitrogens with one attached hydrogen (secondary N) is 1. The zero-order chi connectivity index (χ0) is 17.8. The van der Waals surface area contributed by atoms with E-state index in [9.17, 15) is 19.5 Å². The van der Waals surface area contributed by atoms with E-state index in [-0.39, 0.29) is 18.0 Å². The zero-order valence-electron chi connectivity index (χ0n) is 13.8. The van der Waals surface area contributed by atoms with Crippen LogP contribution in [0.2, 0.25) is 5.02 Å². The Morgan fingerprint density at radius 1 is 1.39 bits per heavy atom. The highest BCUT2D eigenvalue weighted by molar-refractivity contribution is 6.30. The minimum Gasteiger partial charge on any atom is -0.480 e. The highest BCUT2D eigenvalue weighted by atomic mass is 35.5. The van der Waals surface area contributed by atoms with Crippen molar-refractivity contribution < 1.29 is 14.7 Å².